The first kappa shape index (κ1) is 26.3. The number of benzene rings is 1. The van der Waals surface area contributed by atoms with Crippen molar-refractivity contribution in [3.05, 3.63) is 45.9 Å². The number of hydrogen-bond donors (Lipinski definition) is 3. The van der Waals surface area contributed by atoms with E-state index < -0.39 is 27.9 Å². The molecule has 0 spiro atoms. The summed E-state index contributed by atoms with van der Waals surface area (Å²) >= 11 is 1.43. The van der Waals surface area contributed by atoms with E-state index in [0.29, 0.717) is 19.3 Å². The minimum atomic E-state index is -3.59. The molecule has 11 heteroatoms. The molecule has 1 aliphatic rings. The molecule has 186 valence electrons. The van der Waals surface area contributed by atoms with Crippen molar-refractivity contribution in [1.82, 2.24) is 20.3 Å². The molecule has 2 aromatic rings. The van der Waals surface area contributed by atoms with Gasteiger partial charge in [-0.25, -0.2) is 22.9 Å². The Morgan fingerprint density at radius 3 is 2.71 bits per heavy atom. The van der Waals surface area contributed by atoms with Crippen LogP contribution in [0.1, 0.15) is 66.1 Å². The Morgan fingerprint density at radius 1 is 1.26 bits per heavy atom. The summed E-state index contributed by atoms with van der Waals surface area (Å²) in [6.45, 7) is 4.97. The lowest BCUT2D eigenvalue weighted by Crippen LogP contribution is -2.42. The summed E-state index contributed by atoms with van der Waals surface area (Å²) in [5, 5.41) is 8.66. The summed E-state index contributed by atoms with van der Waals surface area (Å²) in [5.41, 5.74) is 1.27. The van der Waals surface area contributed by atoms with Gasteiger partial charge in [-0.2, -0.15) is 0 Å². The number of thiazole rings is 1. The molecule has 1 aromatic heterocycles. The quantitative estimate of drug-likeness (QED) is 0.297. The molecule has 0 radical (unpaired) electrons. The Kier molecular flexibility index (Phi) is 9.57. The lowest BCUT2D eigenvalue weighted by molar-refractivity contribution is -0.145. The number of esters is 1. The molecule has 0 bridgehead atoms. The van der Waals surface area contributed by atoms with Crippen molar-refractivity contribution in [2.45, 2.75) is 62.9 Å². The van der Waals surface area contributed by atoms with Crippen LogP contribution in [0.3, 0.4) is 0 Å². The molecule has 1 aliphatic heterocycles. The van der Waals surface area contributed by atoms with E-state index in [-0.39, 0.29) is 29.8 Å². The van der Waals surface area contributed by atoms with Gasteiger partial charge in [0.25, 0.3) is 5.91 Å². The van der Waals surface area contributed by atoms with Crippen LogP contribution in [0.5, 0.6) is 0 Å². The van der Waals surface area contributed by atoms with Gasteiger partial charge < -0.3 is 15.4 Å². The number of aromatic nitrogens is 1. The number of aryl methyl sites for hydroxylation is 1. The van der Waals surface area contributed by atoms with Gasteiger partial charge in [-0.1, -0.05) is 17.7 Å². The zero-order valence-electron chi connectivity index (χ0n) is 19.5. The highest BCUT2D eigenvalue weighted by molar-refractivity contribution is 7.89. The van der Waals surface area contributed by atoms with Crippen molar-refractivity contribution in [2.75, 3.05) is 19.7 Å². The third kappa shape index (κ3) is 7.33. The lowest BCUT2D eigenvalue weighted by atomic mass is 10.1. The van der Waals surface area contributed by atoms with Gasteiger partial charge in [0.05, 0.1) is 17.5 Å². The molecule has 0 saturated carbocycles. The van der Waals surface area contributed by atoms with Crippen molar-refractivity contribution in [3.8, 4) is 0 Å². The molecule has 3 rings (SSSR count). The number of carbonyl (C=O) groups excluding carboxylic acids is 2. The monoisotopic (exact) mass is 508 g/mol. The topological polar surface area (TPSA) is 126 Å². The predicted molar refractivity (Wildman–Crippen MR) is 130 cm³/mol. The Hall–Kier alpha value is -2.34. The Morgan fingerprint density at radius 2 is 2.03 bits per heavy atom. The van der Waals surface area contributed by atoms with Crippen LogP contribution in [-0.4, -0.2) is 51.0 Å². The van der Waals surface area contributed by atoms with Gasteiger partial charge in [0.2, 0.25) is 10.0 Å². The molecule has 34 heavy (non-hydrogen) atoms. The highest BCUT2D eigenvalue weighted by atomic mass is 32.2. The highest BCUT2D eigenvalue weighted by Gasteiger charge is 2.25. The molecular weight excluding hydrogens is 476 g/mol. The zero-order valence-corrected chi connectivity index (χ0v) is 21.1. The maximum atomic E-state index is 12.7. The van der Waals surface area contributed by atoms with Crippen molar-refractivity contribution < 1.29 is 22.7 Å². The number of ether oxygens (including phenoxy) is 1. The van der Waals surface area contributed by atoms with Gasteiger partial charge in [0.15, 0.2) is 0 Å². The van der Waals surface area contributed by atoms with E-state index in [2.05, 4.69) is 20.3 Å². The fourth-order valence-corrected chi connectivity index (χ4v) is 5.63. The molecule has 2 atom stereocenters. The number of sulfonamides is 1. The molecule has 1 aromatic carbocycles. The standard InChI is InChI=1S/C23H32N4O5S2/c1-3-32-23(29)19(26-21(28)20-15-33-22(27-20)18-8-6-13-24-18)7-4-5-14-25-34(30,31)17-11-9-16(2)10-12-17/h9-12,15,18-19,24-25H,3-8,13-14H2,1-2H3,(H,26,28). The summed E-state index contributed by atoms with van der Waals surface area (Å²) in [6, 6.07) is 5.98. The maximum absolute atomic E-state index is 12.7. The SMILES string of the molecule is CCOC(=O)C(CCCCNS(=O)(=O)c1ccc(C)cc1)NC(=O)c1csc(C2CCCN2)n1. The van der Waals surface area contributed by atoms with Crippen LogP contribution in [0, 0.1) is 6.92 Å². The van der Waals surface area contributed by atoms with E-state index in [1.165, 1.54) is 11.3 Å². The predicted octanol–water partition coefficient (Wildman–Crippen LogP) is 2.69. The molecular formula is C23H32N4O5S2. The Bertz CT molecular complexity index is 1060. The van der Waals surface area contributed by atoms with E-state index in [1.807, 2.05) is 6.92 Å². The molecule has 2 unspecified atom stereocenters. The fourth-order valence-electron chi connectivity index (χ4n) is 3.65. The van der Waals surface area contributed by atoms with Crippen LogP contribution in [0.25, 0.3) is 0 Å². The van der Waals surface area contributed by atoms with Gasteiger partial charge in [-0.05, 0) is 64.6 Å². The third-order valence-corrected chi connectivity index (χ3v) is 7.97. The molecule has 9 nitrogen and oxygen atoms in total. The first-order valence-corrected chi connectivity index (χ1v) is 13.9. The maximum Gasteiger partial charge on any atom is 0.328 e. The first-order chi connectivity index (χ1) is 16.3. The largest absolute Gasteiger partial charge is 0.464 e. The first-order valence-electron chi connectivity index (χ1n) is 11.5. The number of hydrogen-bond acceptors (Lipinski definition) is 8. The molecule has 3 N–H and O–H groups in total. The summed E-state index contributed by atoms with van der Waals surface area (Å²) in [6.07, 6.45) is 3.43. The van der Waals surface area contributed by atoms with Crippen molar-refractivity contribution >= 4 is 33.2 Å². The van der Waals surface area contributed by atoms with Crippen LogP contribution < -0.4 is 15.4 Å². The number of rotatable bonds is 12. The zero-order chi connectivity index (χ0) is 24.6. The number of carbonyl (C=O) groups is 2. The number of unbranched alkanes of at least 4 members (excludes halogenated alkanes) is 1. The van der Waals surface area contributed by atoms with Gasteiger partial charge in [-0.3, -0.25) is 4.79 Å². The number of amides is 1. The van der Waals surface area contributed by atoms with Gasteiger partial charge in [0.1, 0.15) is 16.7 Å². The average molecular weight is 509 g/mol. The third-order valence-electron chi connectivity index (χ3n) is 5.53. The summed E-state index contributed by atoms with van der Waals surface area (Å²) in [5.74, 6) is -0.928. The Labute approximate surface area is 204 Å². The normalized spacial score (nSPS) is 16.8. The smallest absolute Gasteiger partial charge is 0.328 e. The second-order valence-electron chi connectivity index (χ2n) is 8.20. The molecule has 0 aliphatic carbocycles. The van der Waals surface area contributed by atoms with E-state index in [9.17, 15) is 18.0 Å². The van der Waals surface area contributed by atoms with Crippen LogP contribution in [0.4, 0.5) is 0 Å². The van der Waals surface area contributed by atoms with Gasteiger partial charge in [-0.15, -0.1) is 11.3 Å². The Balaban J connectivity index is 1.50. The van der Waals surface area contributed by atoms with Crippen LogP contribution in [0.15, 0.2) is 34.5 Å². The minimum Gasteiger partial charge on any atom is -0.464 e. The summed E-state index contributed by atoms with van der Waals surface area (Å²) < 4.78 is 32.4. The van der Waals surface area contributed by atoms with Gasteiger partial charge in [0, 0.05) is 11.9 Å². The number of nitrogens with zero attached hydrogens (tertiary/aromatic N) is 1. The second-order valence-corrected chi connectivity index (χ2v) is 10.9. The lowest BCUT2D eigenvalue weighted by Gasteiger charge is -2.17. The van der Waals surface area contributed by atoms with E-state index in [4.69, 9.17) is 4.74 Å². The van der Waals surface area contributed by atoms with Crippen molar-refractivity contribution in [2.24, 2.45) is 0 Å². The van der Waals surface area contributed by atoms with E-state index >= 15 is 0 Å². The van der Waals surface area contributed by atoms with Crippen molar-refractivity contribution in [3.63, 3.8) is 0 Å². The summed E-state index contributed by atoms with van der Waals surface area (Å²) in [4.78, 5) is 29.7. The number of nitrogens with one attached hydrogen (secondary N) is 3. The van der Waals surface area contributed by atoms with Crippen LogP contribution in [0.2, 0.25) is 0 Å². The molecule has 1 amide bonds. The molecule has 2 heterocycles. The minimum absolute atomic E-state index is 0.177. The van der Waals surface area contributed by atoms with Crippen LogP contribution in [-0.2, 0) is 19.6 Å². The van der Waals surface area contributed by atoms with Crippen LogP contribution >= 0.6 is 11.3 Å². The summed E-state index contributed by atoms with van der Waals surface area (Å²) in [7, 11) is -3.59. The molecule has 1 saturated heterocycles. The van der Waals surface area contributed by atoms with E-state index in [0.717, 1.165) is 30.0 Å². The fraction of sp³-hybridized carbons (Fsp3) is 0.522. The van der Waals surface area contributed by atoms with E-state index in [1.54, 1.807) is 36.6 Å². The molecule has 1 fully saturated rings. The van der Waals surface area contributed by atoms with Crippen molar-refractivity contribution in [1.29, 1.82) is 0 Å². The second kappa shape index (κ2) is 12.4. The van der Waals surface area contributed by atoms with Gasteiger partial charge >= 0.3 is 5.97 Å². The highest BCUT2D eigenvalue weighted by Crippen LogP contribution is 2.26. The average Bonchev–Trinajstić information content (AvgIpc) is 3.50.